The highest BCUT2D eigenvalue weighted by molar-refractivity contribution is 6.02. The van der Waals surface area contributed by atoms with Crippen LogP contribution in [0, 0.1) is 17.8 Å². The van der Waals surface area contributed by atoms with Crippen LogP contribution in [0.2, 0.25) is 0 Å². The van der Waals surface area contributed by atoms with E-state index in [2.05, 4.69) is 21.2 Å². The third kappa shape index (κ3) is 5.48. The number of ether oxygens (including phenoxy) is 2. The minimum atomic E-state index is -3.18. The zero-order valence-corrected chi connectivity index (χ0v) is 20.5. The van der Waals surface area contributed by atoms with Crippen LogP contribution in [0.1, 0.15) is 28.2 Å². The summed E-state index contributed by atoms with van der Waals surface area (Å²) in [6, 6.07) is 14.7. The Morgan fingerprint density at radius 2 is 1.95 bits per heavy atom. The summed E-state index contributed by atoms with van der Waals surface area (Å²) < 4.78 is 38.9. The number of carbonyl (C=O) groups excluding carboxylic acids is 2. The molecule has 0 unspecified atom stereocenters. The zero-order chi connectivity index (χ0) is 26.7. The highest BCUT2D eigenvalue weighted by Crippen LogP contribution is 2.30. The third-order valence-electron chi connectivity index (χ3n) is 6.36. The number of halogens is 2. The molecule has 2 aliphatic heterocycles. The van der Waals surface area contributed by atoms with Crippen molar-refractivity contribution >= 4 is 17.6 Å². The Morgan fingerprint density at radius 3 is 2.68 bits per heavy atom. The van der Waals surface area contributed by atoms with Gasteiger partial charge in [0.1, 0.15) is 34.7 Å². The molecule has 0 aliphatic carbocycles. The number of hydrogen-bond donors (Lipinski definition) is 1. The van der Waals surface area contributed by atoms with Crippen molar-refractivity contribution in [1.29, 1.82) is 0 Å². The van der Waals surface area contributed by atoms with Crippen LogP contribution in [-0.4, -0.2) is 54.0 Å². The van der Waals surface area contributed by atoms with Gasteiger partial charge in [-0.05, 0) is 54.5 Å². The number of amides is 2. The van der Waals surface area contributed by atoms with Crippen LogP contribution in [0.5, 0.6) is 11.5 Å². The van der Waals surface area contributed by atoms with E-state index in [1.54, 1.807) is 30.3 Å². The second kappa shape index (κ2) is 10.6. The largest absolute Gasteiger partial charge is 0.457 e. The first-order chi connectivity index (χ1) is 18.3. The number of para-hydroxylation sites is 1. The molecule has 1 fully saturated rings. The molecule has 1 aromatic carbocycles. The monoisotopic (exact) mass is 518 g/mol. The van der Waals surface area contributed by atoms with Gasteiger partial charge < -0.3 is 14.8 Å². The van der Waals surface area contributed by atoms with E-state index in [0.29, 0.717) is 30.2 Å². The molecule has 0 bridgehead atoms. The predicted molar refractivity (Wildman–Crippen MR) is 134 cm³/mol. The average molecular weight is 519 g/mol. The second-order valence-electron chi connectivity index (χ2n) is 9.04. The van der Waals surface area contributed by atoms with E-state index >= 15 is 0 Å². The maximum Gasteiger partial charge on any atom is 0.315 e. The quantitative estimate of drug-likeness (QED) is 0.519. The topological polar surface area (TPSA) is 93.7 Å². The Balaban J connectivity index is 1.28. The molecule has 8 nitrogen and oxygen atoms in total. The molecule has 3 aromatic rings. The first-order valence-corrected chi connectivity index (χ1v) is 12.1. The number of fused-ring (bicyclic) bond motifs is 1. The Labute approximate surface area is 218 Å². The number of benzene rings is 1. The smallest absolute Gasteiger partial charge is 0.315 e. The van der Waals surface area contributed by atoms with Gasteiger partial charge in [-0.25, -0.2) is 4.98 Å². The van der Waals surface area contributed by atoms with Crippen molar-refractivity contribution in [3.8, 4) is 23.3 Å². The number of nitrogens with zero attached hydrogens (tertiary/aromatic N) is 3. The van der Waals surface area contributed by atoms with Gasteiger partial charge >= 0.3 is 5.92 Å². The van der Waals surface area contributed by atoms with Crippen molar-refractivity contribution in [3.63, 3.8) is 0 Å². The molecule has 4 heterocycles. The van der Waals surface area contributed by atoms with Crippen LogP contribution in [0.25, 0.3) is 0 Å². The van der Waals surface area contributed by atoms with Gasteiger partial charge in [0.05, 0.1) is 19.1 Å². The molecule has 0 saturated carbocycles. The van der Waals surface area contributed by atoms with Crippen molar-refractivity contribution in [2.45, 2.75) is 24.8 Å². The van der Waals surface area contributed by atoms with Crippen molar-refractivity contribution in [2.75, 3.05) is 25.2 Å². The van der Waals surface area contributed by atoms with Gasteiger partial charge in [0, 0.05) is 19.3 Å². The lowest BCUT2D eigenvalue weighted by Gasteiger charge is -2.29. The minimum Gasteiger partial charge on any atom is -0.457 e. The number of carbonyl (C=O) groups is 2. The SMILES string of the molecule is CN1C(=O)[C@@H](NC(=O)c2cc(Oc3ccccc3)ccn2)CCc2ccc(C#CC(F)(F)C3COC3)nc21. The van der Waals surface area contributed by atoms with Crippen molar-refractivity contribution in [3.05, 3.63) is 77.7 Å². The van der Waals surface area contributed by atoms with Crippen LogP contribution in [0.15, 0.2) is 60.8 Å². The molecule has 1 saturated heterocycles. The normalized spacial score (nSPS) is 17.4. The molecule has 1 atom stereocenters. The number of hydrogen-bond acceptors (Lipinski definition) is 6. The van der Waals surface area contributed by atoms with Crippen LogP contribution < -0.4 is 15.0 Å². The summed E-state index contributed by atoms with van der Waals surface area (Å²) in [7, 11) is 1.53. The van der Waals surface area contributed by atoms with Crippen LogP contribution in [0.3, 0.4) is 0 Å². The van der Waals surface area contributed by atoms with Crippen LogP contribution >= 0.6 is 0 Å². The van der Waals surface area contributed by atoms with Gasteiger partial charge in [-0.3, -0.25) is 19.5 Å². The van der Waals surface area contributed by atoms with E-state index in [4.69, 9.17) is 9.47 Å². The minimum absolute atomic E-state index is 0.0243. The van der Waals surface area contributed by atoms with Crippen molar-refractivity contribution < 1.29 is 27.8 Å². The molecule has 1 N–H and O–H groups in total. The summed E-state index contributed by atoms with van der Waals surface area (Å²) in [5.41, 5.74) is 0.980. The van der Waals surface area contributed by atoms with Crippen molar-refractivity contribution in [2.24, 2.45) is 5.92 Å². The van der Waals surface area contributed by atoms with Gasteiger partial charge in [-0.2, -0.15) is 8.78 Å². The first kappa shape index (κ1) is 25.3. The highest BCUT2D eigenvalue weighted by atomic mass is 19.3. The molecule has 2 aliphatic rings. The molecule has 2 amide bonds. The number of likely N-dealkylation sites (N-methyl/N-ethyl adjacent to an activating group) is 1. The van der Waals surface area contributed by atoms with E-state index in [0.717, 1.165) is 5.56 Å². The summed E-state index contributed by atoms with van der Waals surface area (Å²) in [6.45, 7) is -0.0486. The molecule has 0 radical (unpaired) electrons. The number of anilines is 1. The Bertz CT molecular complexity index is 1420. The average Bonchev–Trinajstić information content (AvgIpc) is 2.99. The fraction of sp³-hybridized carbons (Fsp3) is 0.286. The fourth-order valence-corrected chi connectivity index (χ4v) is 4.08. The van der Waals surface area contributed by atoms with E-state index < -0.39 is 23.8 Å². The molecule has 5 rings (SSSR count). The highest BCUT2D eigenvalue weighted by Gasteiger charge is 2.42. The number of aromatic nitrogens is 2. The third-order valence-corrected chi connectivity index (χ3v) is 6.36. The van der Waals surface area contributed by atoms with E-state index in [1.807, 2.05) is 24.1 Å². The molecular weight excluding hydrogens is 494 g/mol. The molecule has 38 heavy (non-hydrogen) atoms. The summed E-state index contributed by atoms with van der Waals surface area (Å²) in [4.78, 5) is 36.0. The van der Waals surface area contributed by atoms with E-state index in [1.165, 1.54) is 24.2 Å². The summed E-state index contributed by atoms with van der Waals surface area (Å²) >= 11 is 0. The lowest BCUT2D eigenvalue weighted by atomic mass is 10.00. The first-order valence-electron chi connectivity index (χ1n) is 12.1. The number of nitrogens with one attached hydrogen (secondary N) is 1. The van der Waals surface area contributed by atoms with Crippen molar-refractivity contribution in [1.82, 2.24) is 15.3 Å². The summed E-state index contributed by atoms with van der Waals surface area (Å²) in [6.07, 6.45) is 2.23. The number of alkyl halides is 2. The molecule has 194 valence electrons. The molecular formula is C28H24F2N4O4. The standard InChI is InChI=1S/C28H24F2N4O4/c1-34-25-18(7-9-20(32-25)11-13-28(29,30)19-16-37-17-19)8-10-23(27(34)36)33-26(35)24-15-22(12-14-31-24)38-21-5-3-2-4-6-21/h2-7,9,12,14-15,19,23H,8,10,16-17H2,1H3,(H,33,35)/t23-/m0/s1. The van der Waals surface area contributed by atoms with Gasteiger partial charge in [-0.15, -0.1) is 0 Å². The number of pyridine rings is 2. The lowest BCUT2D eigenvalue weighted by molar-refractivity contribution is -0.139. The Kier molecular flexibility index (Phi) is 7.03. The Hall–Kier alpha value is -4.36. The molecule has 2 aromatic heterocycles. The van der Waals surface area contributed by atoms with Crippen LogP contribution in [-0.2, 0) is 16.0 Å². The van der Waals surface area contributed by atoms with Gasteiger partial charge in [0.25, 0.3) is 5.91 Å². The van der Waals surface area contributed by atoms with E-state index in [9.17, 15) is 18.4 Å². The zero-order valence-electron chi connectivity index (χ0n) is 20.5. The van der Waals surface area contributed by atoms with Crippen LogP contribution in [0.4, 0.5) is 14.6 Å². The van der Waals surface area contributed by atoms with E-state index in [-0.39, 0.29) is 30.5 Å². The molecule has 10 heteroatoms. The van der Waals surface area contributed by atoms with Gasteiger partial charge in [0.2, 0.25) is 5.91 Å². The Morgan fingerprint density at radius 1 is 1.16 bits per heavy atom. The number of rotatable bonds is 5. The fourth-order valence-electron chi connectivity index (χ4n) is 4.08. The maximum absolute atomic E-state index is 14.1. The van der Waals surface area contributed by atoms with Gasteiger partial charge in [-0.1, -0.05) is 24.3 Å². The number of aryl methyl sites for hydroxylation is 1. The summed E-state index contributed by atoms with van der Waals surface area (Å²) in [5.74, 6) is 0.779. The summed E-state index contributed by atoms with van der Waals surface area (Å²) in [5, 5.41) is 2.75. The van der Waals surface area contributed by atoms with Gasteiger partial charge in [0.15, 0.2) is 0 Å². The predicted octanol–water partition coefficient (Wildman–Crippen LogP) is 3.61. The maximum atomic E-state index is 14.1. The second-order valence-corrected chi connectivity index (χ2v) is 9.04. The molecule has 0 spiro atoms. The lowest BCUT2D eigenvalue weighted by Crippen LogP contribution is -2.47.